The molecule has 1 aromatic heterocycles. The first-order valence-corrected chi connectivity index (χ1v) is 5.76. The Hall–Kier alpha value is -1.69. The zero-order chi connectivity index (χ0) is 11.1. The van der Waals surface area contributed by atoms with Crippen molar-refractivity contribution in [2.24, 2.45) is 0 Å². The lowest BCUT2D eigenvalue weighted by molar-refractivity contribution is 0.0970. The maximum atomic E-state index is 11.9. The molecule has 3 heteroatoms. The molecule has 0 radical (unpaired) electrons. The molecular weight excluding hydrogens is 200 g/mol. The molecule has 80 valence electrons. The van der Waals surface area contributed by atoms with E-state index in [1.807, 2.05) is 6.07 Å². The highest BCUT2D eigenvalue weighted by atomic mass is 16.1. The average molecular weight is 212 g/mol. The van der Waals surface area contributed by atoms with Gasteiger partial charge < -0.3 is 0 Å². The van der Waals surface area contributed by atoms with E-state index in [-0.39, 0.29) is 5.78 Å². The van der Waals surface area contributed by atoms with Crippen LogP contribution >= 0.6 is 0 Å². The highest BCUT2D eigenvalue weighted by molar-refractivity contribution is 5.99. The number of nitrogens with zero attached hydrogens (tertiary/aromatic N) is 2. The van der Waals surface area contributed by atoms with E-state index >= 15 is 0 Å². The van der Waals surface area contributed by atoms with Crippen LogP contribution in [0.5, 0.6) is 0 Å². The summed E-state index contributed by atoms with van der Waals surface area (Å²) >= 11 is 0. The number of aromatic nitrogens is 1. The van der Waals surface area contributed by atoms with Crippen molar-refractivity contribution in [1.82, 2.24) is 4.98 Å². The molecule has 1 heterocycles. The Morgan fingerprint density at radius 3 is 2.88 bits per heavy atom. The highest BCUT2D eigenvalue weighted by Gasteiger charge is 2.32. The first kappa shape index (κ1) is 9.53. The van der Waals surface area contributed by atoms with Crippen LogP contribution in [0.2, 0.25) is 0 Å². The molecule has 1 fully saturated rings. The van der Waals surface area contributed by atoms with E-state index in [9.17, 15) is 4.79 Å². The Labute approximate surface area is 94.1 Å². The van der Waals surface area contributed by atoms with Crippen LogP contribution in [0.3, 0.4) is 0 Å². The quantitative estimate of drug-likeness (QED) is 0.718. The lowest BCUT2D eigenvalue weighted by Crippen LogP contribution is -2.16. The highest BCUT2D eigenvalue weighted by Crippen LogP contribution is 2.43. The summed E-state index contributed by atoms with van der Waals surface area (Å²) in [5.41, 5.74) is 3.26. The summed E-state index contributed by atoms with van der Waals surface area (Å²) in [5, 5.41) is 8.93. The fourth-order valence-corrected chi connectivity index (χ4v) is 2.44. The number of ketones is 1. The second-order valence-corrected chi connectivity index (χ2v) is 4.58. The van der Waals surface area contributed by atoms with Crippen molar-refractivity contribution in [3.8, 4) is 6.07 Å². The minimum absolute atomic E-state index is 0.222. The Morgan fingerprint density at radius 1 is 1.38 bits per heavy atom. The summed E-state index contributed by atoms with van der Waals surface area (Å²) < 4.78 is 0. The number of carbonyl (C=O) groups is 1. The molecule has 16 heavy (non-hydrogen) atoms. The largest absolute Gasteiger partial charge is 0.294 e. The van der Waals surface area contributed by atoms with Gasteiger partial charge in [-0.05, 0) is 43.2 Å². The summed E-state index contributed by atoms with van der Waals surface area (Å²) in [4.78, 5) is 16.2. The van der Waals surface area contributed by atoms with Crippen LogP contribution in [0.1, 0.15) is 58.9 Å². The Bertz CT molecular complexity index is 509. The smallest absolute Gasteiger partial charge is 0.165 e. The molecule has 0 bridgehead atoms. The molecule has 2 aliphatic rings. The molecule has 0 atom stereocenters. The molecule has 0 aromatic carbocycles. The Morgan fingerprint density at radius 2 is 2.19 bits per heavy atom. The van der Waals surface area contributed by atoms with Crippen molar-refractivity contribution in [2.45, 2.75) is 38.0 Å². The van der Waals surface area contributed by atoms with Crippen LogP contribution in [-0.2, 0) is 6.42 Å². The van der Waals surface area contributed by atoms with Gasteiger partial charge >= 0.3 is 0 Å². The molecule has 3 rings (SSSR count). The molecular formula is C13H12N2O. The van der Waals surface area contributed by atoms with Crippen LogP contribution in [0.4, 0.5) is 0 Å². The van der Waals surface area contributed by atoms with Crippen molar-refractivity contribution in [3.63, 3.8) is 0 Å². The van der Waals surface area contributed by atoms with Crippen LogP contribution < -0.4 is 0 Å². The zero-order valence-corrected chi connectivity index (χ0v) is 8.99. The Balaban J connectivity index is 2.21. The topological polar surface area (TPSA) is 53.8 Å². The fraction of sp³-hybridized carbons (Fsp3) is 0.462. The summed E-state index contributed by atoms with van der Waals surface area (Å²) in [6, 6.07) is 3.91. The molecule has 0 N–H and O–H groups in total. The van der Waals surface area contributed by atoms with Gasteiger partial charge in [0.15, 0.2) is 5.78 Å². The second kappa shape index (κ2) is 3.41. The SMILES string of the molecule is N#Cc1cc(C2CC2)c2c(n1)CCCC2=O. The first-order valence-electron chi connectivity index (χ1n) is 5.76. The van der Waals surface area contributed by atoms with Crippen molar-refractivity contribution in [1.29, 1.82) is 5.26 Å². The minimum atomic E-state index is 0.222. The number of aryl methyl sites for hydroxylation is 1. The van der Waals surface area contributed by atoms with Crippen LogP contribution in [-0.4, -0.2) is 10.8 Å². The third-order valence-corrected chi connectivity index (χ3v) is 3.35. The molecule has 1 aromatic rings. The van der Waals surface area contributed by atoms with Gasteiger partial charge in [0.25, 0.3) is 0 Å². The summed E-state index contributed by atoms with van der Waals surface area (Å²) in [7, 11) is 0. The molecule has 3 nitrogen and oxygen atoms in total. The maximum absolute atomic E-state index is 11.9. The zero-order valence-electron chi connectivity index (χ0n) is 8.99. The van der Waals surface area contributed by atoms with E-state index in [1.165, 1.54) is 0 Å². The third kappa shape index (κ3) is 1.42. The van der Waals surface area contributed by atoms with Gasteiger partial charge in [-0.25, -0.2) is 4.98 Å². The van der Waals surface area contributed by atoms with Crippen molar-refractivity contribution in [2.75, 3.05) is 0 Å². The monoisotopic (exact) mass is 212 g/mol. The summed E-state index contributed by atoms with van der Waals surface area (Å²) in [5.74, 6) is 0.728. The molecule has 0 unspecified atom stereocenters. The summed E-state index contributed by atoms with van der Waals surface area (Å²) in [6.07, 6.45) is 4.65. The van der Waals surface area contributed by atoms with Crippen LogP contribution in [0, 0.1) is 11.3 Å². The number of Topliss-reactive ketones (excluding diaryl/α,β-unsaturated/α-hetero) is 1. The van der Waals surface area contributed by atoms with Gasteiger partial charge in [-0.1, -0.05) is 0 Å². The van der Waals surface area contributed by atoms with E-state index in [2.05, 4.69) is 11.1 Å². The van der Waals surface area contributed by atoms with Crippen LogP contribution in [0.15, 0.2) is 6.07 Å². The number of pyridine rings is 1. The maximum Gasteiger partial charge on any atom is 0.165 e. The van der Waals surface area contributed by atoms with Gasteiger partial charge in [0.1, 0.15) is 11.8 Å². The number of carbonyl (C=O) groups excluding carboxylic acids is 1. The van der Waals surface area contributed by atoms with E-state index in [0.717, 1.165) is 42.5 Å². The molecule has 0 spiro atoms. The first-order chi connectivity index (χ1) is 7.79. The average Bonchev–Trinajstić information content (AvgIpc) is 3.11. The second-order valence-electron chi connectivity index (χ2n) is 4.58. The van der Waals surface area contributed by atoms with E-state index in [1.54, 1.807) is 0 Å². The number of fused-ring (bicyclic) bond motifs is 1. The van der Waals surface area contributed by atoms with Gasteiger partial charge in [-0.3, -0.25) is 4.79 Å². The molecule has 0 aliphatic heterocycles. The standard InChI is InChI=1S/C13H12N2O/c14-7-9-6-10(8-4-5-8)13-11(15-9)2-1-3-12(13)16/h6,8H,1-5H2. The molecule has 1 saturated carbocycles. The number of rotatable bonds is 1. The number of nitriles is 1. The predicted octanol–water partition coefficient (Wildman–Crippen LogP) is 2.35. The van der Waals surface area contributed by atoms with Crippen molar-refractivity contribution in [3.05, 3.63) is 28.6 Å². The Kier molecular flexibility index (Phi) is 2.03. The minimum Gasteiger partial charge on any atom is -0.294 e. The van der Waals surface area contributed by atoms with Gasteiger partial charge in [0.2, 0.25) is 0 Å². The number of hydrogen-bond acceptors (Lipinski definition) is 3. The van der Waals surface area contributed by atoms with E-state index in [0.29, 0.717) is 18.0 Å². The van der Waals surface area contributed by atoms with Gasteiger partial charge in [0, 0.05) is 12.0 Å². The molecule has 2 aliphatic carbocycles. The van der Waals surface area contributed by atoms with E-state index in [4.69, 9.17) is 5.26 Å². The number of hydrogen-bond donors (Lipinski definition) is 0. The van der Waals surface area contributed by atoms with E-state index < -0.39 is 0 Å². The molecule has 0 amide bonds. The van der Waals surface area contributed by atoms with Gasteiger partial charge in [0.05, 0.1) is 5.69 Å². The summed E-state index contributed by atoms with van der Waals surface area (Å²) in [6.45, 7) is 0. The molecule has 0 saturated heterocycles. The van der Waals surface area contributed by atoms with Crippen molar-refractivity contribution >= 4 is 5.78 Å². The van der Waals surface area contributed by atoms with Crippen molar-refractivity contribution < 1.29 is 4.79 Å². The van der Waals surface area contributed by atoms with Gasteiger partial charge in [-0.2, -0.15) is 5.26 Å². The van der Waals surface area contributed by atoms with Crippen LogP contribution in [0.25, 0.3) is 0 Å². The lowest BCUT2D eigenvalue weighted by Gasteiger charge is -2.17. The third-order valence-electron chi connectivity index (χ3n) is 3.35. The lowest BCUT2D eigenvalue weighted by atomic mass is 9.89. The van der Waals surface area contributed by atoms with Gasteiger partial charge in [-0.15, -0.1) is 0 Å². The predicted molar refractivity (Wildman–Crippen MR) is 58.2 cm³/mol. The normalized spacial score (nSPS) is 19.1. The fourth-order valence-electron chi connectivity index (χ4n) is 2.44.